The number of hydrogen-bond donors (Lipinski definition) is 2. The van der Waals surface area contributed by atoms with Gasteiger partial charge in [0.25, 0.3) is 5.91 Å². The highest BCUT2D eigenvalue weighted by atomic mass is 16.4. The first-order valence-electron chi connectivity index (χ1n) is 7.90. The number of hydrogen-bond acceptors (Lipinski definition) is 3. The molecule has 0 aromatic carbocycles. The van der Waals surface area contributed by atoms with E-state index in [4.69, 9.17) is 5.11 Å². The van der Waals surface area contributed by atoms with Crippen molar-refractivity contribution in [2.24, 2.45) is 5.92 Å². The van der Waals surface area contributed by atoms with Crippen LogP contribution in [0.4, 0.5) is 0 Å². The molecule has 120 valence electrons. The van der Waals surface area contributed by atoms with Gasteiger partial charge in [0.05, 0.1) is 11.5 Å². The minimum Gasteiger partial charge on any atom is -0.481 e. The minimum atomic E-state index is -0.779. The number of nitrogens with one attached hydrogen (secondary N) is 1. The van der Waals surface area contributed by atoms with Crippen LogP contribution in [0.1, 0.15) is 68.6 Å². The Balaban J connectivity index is 1.70. The number of aromatic nitrogens is 2. The van der Waals surface area contributed by atoms with Gasteiger partial charge in [0.2, 0.25) is 0 Å². The summed E-state index contributed by atoms with van der Waals surface area (Å²) in [6.45, 7) is 6.24. The smallest absolute Gasteiger partial charge is 0.306 e. The second-order valence-electron chi connectivity index (χ2n) is 7.49. The first kappa shape index (κ1) is 15.1. The van der Waals surface area contributed by atoms with Crippen LogP contribution in [0.2, 0.25) is 0 Å². The van der Waals surface area contributed by atoms with E-state index in [2.05, 4.69) is 31.2 Å². The molecule has 2 saturated carbocycles. The topological polar surface area (TPSA) is 84.2 Å². The third-order valence-electron chi connectivity index (χ3n) is 4.42. The van der Waals surface area contributed by atoms with Crippen molar-refractivity contribution in [3.63, 3.8) is 0 Å². The normalized spacial score (nSPS) is 24.7. The van der Waals surface area contributed by atoms with Gasteiger partial charge in [-0.1, -0.05) is 0 Å². The number of carbonyl (C=O) groups is 2. The number of carboxylic acid groups (broad SMARTS) is 1. The van der Waals surface area contributed by atoms with Crippen molar-refractivity contribution in [1.82, 2.24) is 15.1 Å². The van der Waals surface area contributed by atoms with Crippen LogP contribution in [0.15, 0.2) is 6.07 Å². The number of nitrogens with zero attached hydrogens (tertiary/aromatic N) is 2. The fraction of sp³-hybridized carbons (Fsp3) is 0.688. The molecule has 1 aromatic heterocycles. The molecule has 2 fully saturated rings. The van der Waals surface area contributed by atoms with Gasteiger partial charge in [0, 0.05) is 17.7 Å². The predicted molar refractivity (Wildman–Crippen MR) is 80.8 cm³/mol. The Hall–Kier alpha value is -1.85. The molecule has 2 aliphatic carbocycles. The number of aliphatic carboxylic acids is 1. The van der Waals surface area contributed by atoms with Crippen molar-refractivity contribution in [3.8, 4) is 0 Å². The van der Waals surface area contributed by atoms with E-state index < -0.39 is 5.97 Å². The van der Waals surface area contributed by atoms with Gasteiger partial charge in [0.15, 0.2) is 0 Å². The lowest BCUT2D eigenvalue weighted by molar-refractivity contribution is -0.145. The third-order valence-corrected chi connectivity index (χ3v) is 4.42. The molecule has 6 nitrogen and oxygen atoms in total. The lowest BCUT2D eigenvalue weighted by atomic mass is 9.80. The van der Waals surface area contributed by atoms with Crippen LogP contribution in [0.3, 0.4) is 0 Å². The molecule has 0 unspecified atom stereocenters. The molecular weight excluding hydrogens is 282 g/mol. The van der Waals surface area contributed by atoms with E-state index in [1.807, 2.05) is 10.7 Å². The number of carboxylic acids is 1. The van der Waals surface area contributed by atoms with Gasteiger partial charge in [-0.05, 0) is 52.5 Å². The Labute approximate surface area is 129 Å². The highest BCUT2D eigenvalue weighted by molar-refractivity contribution is 5.92. The van der Waals surface area contributed by atoms with E-state index in [-0.39, 0.29) is 23.4 Å². The summed E-state index contributed by atoms with van der Waals surface area (Å²) >= 11 is 0. The van der Waals surface area contributed by atoms with Gasteiger partial charge in [-0.15, -0.1) is 0 Å². The largest absolute Gasteiger partial charge is 0.481 e. The summed E-state index contributed by atoms with van der Waals surface area (Å²) in [6, 6.07) is 1.85. The van der Waals surface area contributed by atoms with Crippen LogP contribution in [0, 0.1) is 5.92 Å². The fourth-order valence-corrected chi connectivity index (χ4v) is 2.91. The van der Waals surface area contributed by atoms with Crippen LogP contribution in [-0.4, -0.2) is 32.8 Å². The number of rotatable bonds is 4. The Morgan fingerprint density at radius 1 is 1.32 bits per heavy atom. The molecule has 0 saturated heterocycles. The van der Waals surface area contributed by atoms with Gasteiger partial charge < -0.3 is 10.4 Å². The monoisotopic (exact) mass is 305 g/mol. The standard InChI is InChI=1S/C16H23N3O3/c1-16(2,3)19-13(9-4-5-9)8-12(18-19)14(20)17-11-6-10(7-11)15(21)22/h8-11H,4-7H2,1-3H3,(H,17,20)(H,21,22). The molecule has 0 atom stereocenters. The lowest BCUT2D eigenvalue weighted by Gasteiger charge is -2.32. The van der Waals surface area contributed by atoms with E-state index in [1.54, 1.807) is 0 Å². The van der Waals surface area contributed by atoms with Gasteiger partial charge in [-0.25, -0.2) is 0 Å². The maximum absolute atomic E-state index is 12.3. The van der Waals surface area contributed by atoms with Crippen molar-refractivity contribution in [1.29, 1.82) is 0 Å². The molecule has 3 rings (SSSR count). The van der Waals surface area contributed by atoms with Crippen LogP contribution < -0.4 is 5.32 Å². The zero-order valence-electron chi connectivity index (χ0n) is 13.3. The third kappa shape index (κ3) is 2.87. The molecule has 6 heteroatoms. The van der Waals surface area contributed by atoms with Gasteiger partial charge in [-0.2, -0.15) is 5.10 Å². The Bertz CT molecular complexity index is 605. The molecule has 22 heavy (non-hydrogen) atoms. The summed E-state index contributed by atoms with van der Waals surface area (Å²) < 4.78 is 1.96. The fourth-order valence-electron chi connectivity index (χ4n) is 2.91. The lowest BCUT2D eigenvalue weighted by Crippen LogP contribution is -2.46. The number of carbonyl (C=O) groups excluding carboxylic acids is 1. The zero-order chi connectivity index (χ0) is 16.1. The molecule has 2 N–H and O–H groups in total. The molecule has 0 aliphatic heterocycles. The molecule has 0 bridgehead atoms. The predicted octanol–water partition coefficient (Wildman–Crippen LogP) is 2.11. The average molecular weight is 305 g/mol. The van der Waals surface area contributed by atoms with Crippen molar-refractivity contribution in [2.45, 2.75) is 64.0 Å². The Kier molecular flexibility index (Phi) is 3.50. The highest BCUT2D eigenvalue weighted by Crippen LogP contribution is 2.41. The zero-order valence-corrected chi connectivity index (χ0v) is 13.3. The first-order chi connectivity index (χ1) is 10.3. The van der Waals surface area contributed by atoms with E-state index in [1.165, 1.54) is 0 Å². The van der Waals surface area contributed by atoms with E-state index in [0.29, 0.717) is 24.5 Å². The van der Waals surface area contributed by atoms with Crippen LogP contribution >= 0.6 is 0 Å². The van der Waals surface area contributed by atoms with E-state index >= 15 is 0 Å². The average Bonchev–Trinajstić information content (AvgIpc) is 3.09. The van der Waals surface area contributed by atoms with Crippen LogP contribution in [0.25, 0.3) is 0 Å². The molecule has 1 amide bonds. The van der Waals surface area contributed by atoms with Crippen molar-refractivity contribution in [2.75, 3.05) is 0 Å². The quantitative estimate of drug-likeness (QED) is 0.892. The van der Waals surface area contributed by atoms with E-state index in [9.17, 15) is 9.59 Å². The summed E-state index contributed by atoms with van der Waals surface area (Å²) in [5, 5.41) is 16.3. The van der Waals surface area contributed by atoms with Crippen LogP contribution in [0.5, 0.6) is 0 Å². The van der Waals surface area contributed by atoms with Gasteiger partial charge in [-0.3, -0.25) is 14.3 Å². The summed E-state index contributed by atoms with van der Waals surface area (Å²) in [5.74, 6) is -0.773. The Morgan fingerprint density at radius 3 is 2.45 bits per heavy atom. The molecular formula is C16H23N3O3. The van der Waals surface area contributed by atoms with Crippen molar-refractivity contribution in [3.05, 3.63) is 17.5 Å². The van der Waals surface area contributed by atoms with Gasteiger partial charge >= 0.3 is 5.97 Å². The molecule has 2 aliphatic rings. The van der Waals surface area contributed by atoms with Crippen molar-refractivity contribution < 1.29 is 14.7 Å². The maximum atomic E-state index is 12.3. The highest BCUT2D eigenvalue weighted by Gasteiger charge is 2.37. The summed E-state index contributed by atoms with van der Waals surface area (Å²) in [4.78, 5) is 23.1. The molecule has 1 heterocycles. The minimum absolute atomic E-state index is 0.0437. The Morgan fingerprint density at radius 2 is 1.95 bits per heavy atom. The second-order valence-corrected chi connectivity index (χ2v) is 7.49. The van der Waals surface area contributed by atoms with Gasteiger partial charge in [0.1, 0.15) is 5.69 Å². The molecule has 0 radical (unpaired) electrons. The molecule has 1 aromatic rings. The van der Waals surface area contributed by atoms with Crippen molar-refractivity contribution >= 4 is 11.9 Å². The molecule has 0 spiro atoms. The van der Waals surface area contributed by atoms with E-state index in [0.717, 1.165) is 18.5 Å². The SMILES string of the molecule is CC(C)(C)n1nc(C(=O)NC2CC(C(=O)O)C2)cc1C1CC1. The summed E-state index contributed by atoms with van der Waals surface area (Å²) in [6.07, 6.45) is 3.34. The summed E-state index contributed by atoms with van der Waals surface area (Å²) in [5.41, 5.74) is 1.42. The second kappa shape index (κ2) is 5.11. The number of amides is 1. The maximum Gasteiger partial charge on any atom is 0.306 e. The van der Waals surface area contributed by atoms with Crippen LogP contribution in [-0.2, 0) is 10.3 Å². The first-order valence-corrected chi connectivity index (χ1v) is 7.90. The summed E-state index contributed by atoms with van der Waals surface area (Å²) in [7, 11) is 0.